The van der Waals surface area contributed by atoms with Gasteiger partial charge in [-0.3, -0.25) is 9.59 Å². The van der Waals surface area contributed by atoms with Gasteiger partial charge in [0.25, 0.3) is 0 Å². The first kappa shape index (κ1) is 27.2. The van der Waals surface area contributed by atoms with E-state index in [-0.39, 0.29) is 42.1 Å². The highest BCUT2D eigenvalue weighted by molar-refractivity contribution is 5.79. The summed E-state index contributed by atoms with van der Waals surface area (Å²) in [6.45, 7) is 11.8. The predicted molar refractivity (Wildman–Crippen MR) is 139 cm³/mol. The number of likely N-dealkylation sites (N-methyl/N-ethyl adjacent to an activating group) is 1. The molecule has 2 aliphatic carbocycles. The van der Waals surface area contributed by atoms with Gasteiger partial charge in [0, 0.05) is 45.1 Å². The maximum Gasteiger partial charge on any atom is 0.410 e. The van der Waals surface area contributed by atoms with Gasteiger partial charge in [-0.2, -0.15) is 0 Å². The van der Waals surface area contributed by atoms with Gasteiger partial charge in [0.1, 0.15) is 0 Å². The Bertz CT molecular complexity index is 796. The Kier molecular flexibility index (Phi) is 8.84. The maximum atomic E-state index is 13.2. The molecule has 4 fully saturated rings. The highest BCUT2D eigenvalue weighted by Crippen LogP contribution is 2.44. The molecule has 0 aromatic heterocycles. The Morgan fingerprint density at radius 3 is 2.22 bits per heavy atom. The monoisotopic (exact) mass is 504 g/mol. The normalized spacial score (nSPS) is 34.2. The molecular weight excluding hydrogens is 456 g/mol. The number of nitrogens with zero attached hydrogens (tertiary/aromatic N) is 4. The van der Waals surface area contributed by atoms with Gasteiger partial charge in [0.2, 0.25) is 11.8 Å². The molecule has 3 amide bonds. The lowest BCUT2D eigenvalue weighted by atomic mass is 9.68. The second-order valence-corrected chi connectivity index (χ2v) is 12.2. The van der Waals surface area contributed by atoms with Crippen molar-refractivity contribution in [3.8, 4) is 0 Å². The van der Waals surface area contributed by atoms with Gasteiger partial charge >= 0.3 is 6.09 Å². The summed E-state index contributed by atoms with van der Waals surface area (Å²) in [5.74, 6) is 1.77. The zero-order valence-corrected chi connectivity index (χ0v) is 23.2. The van der Waals surface area contributed by atoms with Crippen molar-refractivity contribution < 1.29 is 19.1 Å². The topological polar surface area (TPSA) is 73.4 Å². The molecule has 2 saturated heterocycles. The van der Waals surface area contributed by atoms with Crippen molar-refractivity contribution >= 4 is 17.9 Å². The van der Waals surface area contributed by atoms with Crippen LogP contribution in [0.3, 0.4) is 0 Å². The van der Waals surface area contributed by atoms with Crippen LogP contribution in [0.2, 0.25) is 0 Å². The molecule has 0 N–H and O–H groups in total. The third kappa shape index (κ3) is 6.00. The molecule has 4 atom stereocenters. The van der Waals surface area contributed by atoms with Crippen LogP contribution in [-0.4, -0.2) is 102 Å². The smallest absolute Gasteiger partial charge is 0.410 e. The van der Waals surface area contributed by atoms with Crippen LogP contribution in [0.15, 0.2) is 0 Å². The summed E-state index contributed by atoms with van der Waals surface area (Å²) >= 11 is 0. The van der Waals surface area contributed by atoms with Crippen LogP contribution in [0, 0.1) is 17.8 Å². The molecule has 2 heterocycles. The van der Waals surface area contributed by atoms with Gasteiger partial charge in [-0.05, 0) is 97.6 Å². The largest absolute Gasteiger partial charge is 0.447 e. The molecule has 8 heteroatoms. The molecule has 0 spiro atoms. The molecule has 0 aromatic rings. The van der Waals surface area contributed by atoms with Gasteiger partial charge in [0.15, 0.2) is 0 Å². The highest BCUT2D eigenvalue weighted by Gasteiger charge is 2.48. The fourth-order valence-electron chi connectivity index (χ4n) is 7.47. The average molecular weight is 505 g/mol. The molecule has 36 heavy (non-hydrogen) atoms. The van der Waals surface area contributed by atoms with Crippen molar-refractivity contribution in [1.29, 1.82) is 0 Å². The van der Waals surface area contributed by atoms with E-state index in [1.165, 1.54) is 0 Å². The zero-order chi connectivity index (χ0) is 26.0. The van der Waals surface area contributed by atoms with E-state index in [0.717, 1.165) is 77.5 Å². The molecule has 4 rings (SSSR count). The lowest BCUT2D eigenvalue weighted by molar-refractivity contribution is -0.142. The third-order valence-corrected chi connectivity index (χ3v) is 9.27. The summed E-state index contributed by atoms with van der Waals surface area (Å²) in [4.78, 5) is 47.2. The summed E-state index contributed by atoms with van der Waals surface area (Å²) in [6.07, 6.45) is 7.76. The molecule has 2 saturated carbocycles. The minimum absolute atomic E-state index is 0.000221. The Hall–Kier alpha value is -1.83. The van der Waals surface area contributed by atoms with E-state index in [1.807, 2.05) is 30.6 Å². The lowest BCUT2D eigenvalue weighted by Crippen LogP contribution is -2.67. The number of hydrogen-bond acceptors (Lipinski definition) is 5. The molecule has 3 unspecified atom stereocenters. The first-order valence-corrected chi connectivity index (χ1v) is 14.4. The molecule has 8 nitrogen and oxygen atoms in total. The minimum atomic E-state index is -0.242. The lowest BCUT2D eigenvalue weighted by Gasteiger charge is -2.54. The first-order chi connectivity index (χ1) is 17.2. The maximum absolute atomic E-state index is 13.2. The Morgan fingerprint density at radius 2 is 1.56 bits per heavy atom. The number of carbonyl (C=O) groups excluding carboxylic acids is 3. The molecule has 0 bridgehead atoms. The standard InChI is InChI=1S/C28H48N4O4/c1-19(2)36-28(35)31-18-20(3)32(21(4)33)25-12-11-24(17-26(25)31)22-7-9-23(10-8-22)27(34)30-14-6-13-29(5)15-16-30/h19-20,22-26H,6-18H2,1-5H3/t20-,22?,23?,24?,25?,26?/m0/s1. The van der Waals surface area contributed by atoms with Crippen molar-refractivity contribution in [2.24, 2.45) is 17.8 Å². The van der Waals surface area contributed by atoms with Gasteiger partial charge in [0.05, 0.1) is 18.2 Å². The van der Waals surface area contributed by atoms with Crippen LogP contribution in [0.4, 0.5) is 4.79 Å². The van der Waals surface area contributed by atoms with E-state index >= 15 is 0 Å². The van der Waals surface area contributed by atoms with Crippen LogP contribution >= 0.6 is 0 Å². The van der Waals surface area contributed by atoms with Crippen molar-refractivity contribution in [2.45, 2.75) is 103 Å². The van der Waals surface area contributed by atoms with Crippen molar-refractivity contribution in [2.75, 3.05) is 39.8 Å². The van der Waals surface area contributed by atoms with Gasteiger partial charge < -0.3 is 24.3 Å². The average Bonchev–Trinajstić information content (AvgIpc) is 3.06. The molecule has 204 valence electrons. The van der Waals surface area contributed by atoms with E-state index in [4.69, 9.17) is 4.74 Å². The van der Waals surface area contributed by atoms with Crippen molar-refractivity contribution in [1.82, 2.24) is 19.6 Å². The SMILES string of the molecule is CC(=O)N1C2CCC(C3CCC(C(=O)N4CCCN(C)CC4)CC3)CC2N(C(=O)OC(C)C)C[C@@H]1C. The Morgan fingerprint density at radius 1 is 0.861 bits per heavy atom. The molecule has 4 aliphatic rings. The van der Waals surface area contributed by atoms with Crippen LogP contribution in [0.5, 0.6) is 0 Å². The molecule has 0 aromatic carbocycles. The Labute approximate surface area is 217 Å². The van der Waals surface area contributed by atoms with E-state index in [0.29, 0.717) is 24.3 Å². The van der Waals surface area contributed by atoms with Crippen LogP contribution in [0.1, 0.15) is 79.1 Å². The number of amides is 3. The van der Waals surface area contributed by atoms with Crippen molar-refractivity contribution in [3.05, 3.63) is 0 Å². The number of piperazine rings is 1. The minimum Gasteiger partial charge on any atom is -0.447 e. The fourth-order valence-corrected chi connectivity index (χ4v) is 7.47. The summed E-state index contributed by atoms with van der Waals surface area (Å²) in [5.41, 5.74) is 0. The van der Waals surface area contributed by atoms with Crippen LogP contribution in [0.25, 0.3) is 0 Å². The van der Waals surface area contributed by atoms with Gasteiger partial charge in [-0.25, -0.2) is 4.79 Å². The molecule has 2 aliphatic heterocycles. The number of carbonyl (C=O) groups is 3. The van der Waals surface area contributed by atoms with E-state index < -0.39 is 0 Å². The third-order valence-electron chi connectivity index (χ3n) is 9.27. The van der Waals surface area contributed by atoms with Crippen LogP contribution in [-0.2, 0) is 14.3 Å². The summed E-state index contributed by atoms with van der Waals surface area (Å²) in [5, 5.41) is 0. The first-order valence-electron chi connectivity index (χ1n) is 14.4. The van der Waals surface area contributed by atoms with E-state index in [2.05, 4.69) is 16.8 Å². The number of fused-ring (bicyclic) bond motifs is 1. The van der Waals surface area contributed by atoms with Crippen LogP contribution < -0.4 is 0 Å². The molecular formula is C28H48N4O4. The number of rotatable bonds is 3. The summed E-state index contributed by atoms with van der Waals surface area (Å²) in [7, 11) is 2.14. The molecule has 0 radical (unpaired) electrons. The predicted octanol–water partition coefficient (Wildman–Crippen LogP) is 3.59. The number of ether oxygens (including phenoxy) is 1. The number of hydrogen-bond donors (Lipinski definition) is 0. The van der Waals surface area contributed by atoms with Crippen molar-refractivity contribution in [3.63, 3.8) is 0 Å². The second kappa shape index (κ2) is 11.7. The van der Waals surface area contributed by atoms with Gasteiger partial charge in [-0.1, -0.05) is 0 Å². The zero-order valence-electron chi connectivity index (χ0n) is 23.2. The summed E-state index contributed by atoms with van der Waals surface area (Å²) in [6, 6.07) is 0.0880. The second-order valence-electron chi connectivity index (χ2n) is 12.2. The van der Waals surface area contributed by atoms with E-state index in [9.17, 15) is 14.4 Å². The fraction of sp³-hybridized carbons (Fsp3) is 0.893. The quantitative estimate of drug-likeness (QED) is 0.587. The van der Waals surface area contributed by atoms with Gasteiger partial charge in [-0.15, -0.1) is 0 Å². The Balaban J connectivity index is 1.38. The summed E-state index contributed by atoms with van der Waals surface area (Å²) < 4.78 is 5.62. The van der Waals surface area contributed by atoms with E-state index in [1.54, 1.807) is 6.92 Å². The highest BCUT2D eigenvalue weighted by atomic mass is 16.6.